The molecular weight excluding hydrogens is 718 g/mol. The van der Waals surface area contributed by atoms with Crippen LogP contribution >= 0.6 is 11.6 Å². The van der Waals surface area contributed by atoms with Crippen molar-refractivity contribution in [1.82, 2.24) is 40.3 Å². The first-order valence-electron chi connectivity index (χ1n) is 20.5. The van der Waals surface area contributed by atoms with Crippen LogP contribution in [0.4, 0.5) is 0 Å². The van der Waals surface area contributed by atoms with Gasteiger partial charge in [-0.25, -0.2) is 0 Å². The maximum Gasteiger partial charge on any atom is 0.250 e. The number of aryl methyl sites for hydroxylation is 3. The number of primary amides is 1. The van der Waals surface area contributed by atoms with Gasteiger partial charge in [-0.1, -0.05) is 67.5 Å². The second-order valence-electron chi connectivity index (χ2n) is 15.5. The molecule has 5 rings (SSSR count). The lowest BCUT2D eigenvalue weighted by Crippen LogP contribution is -2.58. The second kappa shape index (κ2) is 22.1. The molecule has 1 aliphatic heterocycles. The molecule has 4 N–H and O–H groups in total. The molecule has 0 spiro atoms. The van der Waals surface area contributed by atoms with Crippen LogP contribution in [0, 0.1) is 6.92 Å². The van der Waals surface area contributed by atoms with Crippen molar-refractivity contribution >= 4 is 29.3 Å². The predicted molar refractivity (Wildman–Crippen MR) is 213 cm³/mol. The van der Waals surface area contributed by atoms with E-state index in [1.54, 1.807) is 4.68 Å². The number of benzene rings is 1. The van der Waals surface area contributed by atoms with Gasteiger partial charge in [-0.15, -0.1) is 5.10 Å². The molecule has 1 saturated carbocycles. The van der Waals surface area contributed by atoms with E-state index in [0.29, 0.717) is 56.7 Å². The molecule has 1 saturated heterocycles. The van der Waals surface area contributed by atoms with Gasteiger partial charge in [0.2, 0.25) is 11.8 Å². The largest absolute Gasteiger partial charge is 0.370 e. The van der Waals surface area contributed by atoms with Crippen LogP contribution in [-0.2, 0) is 45.7 Å². The highest BCUT2D eigenvalue weighted by Crippen LogP contribution is 2.36. The van der Waals surface area contributed by atoms with Gasteiger partial charge in [0.25, 0.3) is 5.91 Å². The van der Waals surface area contributed by atoms with Gasteiger partial charge < -0.3 is 21.1 Å². The predicted octanol–water partition coefficient (Wildman–Crippen LogP) is 5.52. The fourth-order valence-corrected chi connectivity index (χ4v) is 8.03. The third-order valence-corrected chi connectivity index (χ3v) is 11.5. The molecule has 3 aromatic rings. The average molecular weight is 780 g/mol. The number of ether oxygens (including phenoxy) is 1. The molecule has 13 nitrogen and oxygen atoms in total. The highest BCUT2D eigenvalue weighted by Gasteiger charge is 2.38. The molecule has 1 aromatic carbocycles. The number of amides is 3. The van der Waals surface area contributed by atoms with E-state index in [4.69, 9.17) is 27.2 Å². The van der Waals surface area contributed by atoms with E-state index >= 15 is 0 Å². The van der Waals surface area contributed by atoms with E-state index in [0.717, 1.165) is 94.9 Å². The van der Waals surface area contributed by atoms with Crippen molar-refractivity contribution in [3.8, 4) is 0 Å². The molecule has 0 bridgehead atoms. The van der Waals surface area contributed by atoms with E-state index in [-0.39, 0.29) is 30.3 Å². The number of aromatic nitrogens is 5. The van der Waals surface area contributed by atoms with Gasteiger partial charge in [0.05, 0.1) is 25.0 Å². The quantitative estimate of drug-likeness (QED) is 0.112. The summed E-state index contributed by atoms with van der Waals surface area (Å²) in [7, 11) is 2.00. The number of unbranched alkanes of at least 4 members (excludes halogenated alkanes) is 7. The van der Waals surface area contributed by atoms with Crippen molar-refractivity contribution in [3.63, 3.8) is 0 Å². The van der Waals surface area contributed by atoms with Crippen molar-refractivity contribution in [1.29, 1.82) is 0 Å². The first-order chi connectivity index (χ1) is 26.6. The fraction of sp³-hybridized carbons (Fsp3) is 0.659. The van der Waals surface area contributed by atoms with Crippen LogP contribution in [0.1, 0.15) is 125 Å². The molecule has 2 atom stereocenters. The zero-order valence-corrected chi connectivity index (χ0v) is 33.7. The topological polar surface area (TPSA) is 162 Å². The van der Waals surface area contributed by atoms with Crippen LogP contribution in [-0.4, -0.2) is 85.3 Å². The summed E-state index contributed by atoms with van der Waals surface area (Å²) in [6.45, 7) is 4.60. The Labute approximate surface area is 331 Å². The lowest BCUT2D eigenvalue weighted by Gasteiger charge is -2.45. The zero-order chi connectivity index (χ0) is 39.0. The number of halogens is 1. The Morgan fingerprint density at radius 3 is 2.29 bits per heavy atom. The van der Waals surface area contributed by atoms with Gasteiger partial charge in [0, 0.05) is 68.2 Å². The lowest BCUT2D eigenvalue weighted by molar-refractivity contribution is -0.145. The van der Waals surface area contributed by atoms with Gasteiger partial charge >= 0.3 is 0 Å². The number of nitrogens with two attached hydrogens (primary N) is 1. The molecule has 302 valence electrons. The van der Waals surface area contributed by atoms with Crippen molar-refractivity contribution in [2.45, 2.75) is 147 Å². The molecule has 3 heterocycles. The molecule has 0 unspecified atom stereocenters. The smallest absolute Gasteiger partial charge is 0.250 e. The summed E-state index contributed by atoms with van der Waals surface area (Å²) in [6.07, 6.45) is 16.6. The molecule has 14 heteroatoms. The van der Waals surface area contributed by atoms with Gasteiger partial charge in [-0.3, -0.25) is 28.6 Å². The fourth-order valence-electron chi connectivity index (χ4n) is 7.90. The number of nitrogens with zero attached hydrogens (tertiary/aromatic N) is 6. The number of morpholine rings is 1. The van der Waals surface area contributed by atoms with Gasteiger partial charge in [0.1, 0.15) is 11.8 Å². The Bertz CT molecular complexity index is 1620. The first-order valence-corrected chi connectivity index (χ1v) is 20.9. The monoisotopic (exact) mass is 779 g/mol. The third kappa shape index (κ3) is 14.0. The Kier molecular flexibility index (Phi) is 17.0. The highest BCUT2D eigenvalue weighted by molar-refractivity contribution is 6.30. The molecule has 2 aliphatic rings. The maximum atomic E-state index is 13.5. The van der Waals surface area contributed by atoms with Crippen LogP contribution in [0.3, 0.4) is 0 Å². The van der Waals surface area contributed by atoms with Crippen LogP contribution < -0.4 is 16.4 Å². The SMILES string of the molecule is Cc1cc(C2CCC(N3C[C@H](C(=O)NCc4cn(CCCNC(=O)CCCCCCCCCCC(N)=O)nn4)OC[C@@H]3Cc3ccc(Cl)cc3)CC2)nn1C. The van der Waals surface area contributed by atoms with Crippen molar-refractivity contribution in [3.05, 3.63) is 64.2 Å². The van der Waals surface area contributed by atoms with E-state index in [1.807, 2.05) is 30.1 Å². The summed E-state index contributed by atoms with van der Waals surface area (Å²) in [5.41, 5.74) is 9.43. The Morgan fingerprint density at radius 2 is 1.62 bits per heavy atom. The molecule has 2 aromatic heterocycles. The maximum absolute atomic E-state index is 13.5. The number of nitrogens with one attached hydrogen (secondary N) is 2. The van der Waals surface area contributed by atoms with Crippen molar-refractivity contribution < 1.29 is 19.1 Å². The molecule has 0 radical (unpaired) electrons. The number of hydrogen-bond donors (Lipinski definition) is 3. The average Bonchev–Trinajstić information content (AvgIpc) is 3.78. The van der Waals surface area contributed by atoms with Gasteiger partial charge in [0.15, 0.2) is 0 Å². The molecule has 3 amide bonds. The van der Waals surface area contributed by atoms with E-state index in [9.17, 15) is 14.4 Å². The number of rotatable bonds is 22. The van der Waals surface area contributed by atoms with Crippen LogP contribution in [0.2, 0.25) is 5.02 Å². The van der Waals surface area contributed by atoms with Crippen LogP contribution in [0.25, 0.3) is 0 Å². The zero-order valence-electron chi connectivity index (χ0n) is 32.9. The summed E-state index contributed by atoms with van der Waals surface area (Å²) >= 11 is 6.17. The van der Waals surface area contributed by atoms with Crippen molar-refractivity contribution in [2.75, 3.05) is 19.7 Å². The van der Waals surface area contributed by atoms with Gasteiger partial charge in [-0.05, 0) is 82.1 Å². The number of carbonyl (C=O) groups is 3. The highest BCUT2D eigenvalue weighted by atomic mass is 35.5. The lowest BCUT2D eigenvalue weighted by atomic mass is 9.82. The Balaban J connectivity index is 0.998. The summed E-state index contributed by atoms with van der Waals surface area (Å²) in [4.78, 5) is 39.0. The van der Waals surface area contributed by atoms with Crippen molar-refractivity contribution in [2.24, 2.45) is 12.8 Å². The molecule has 1 aliphatic carbocycles. The number of hydrogen-bond acceptors (Lipinski definition) is 8. The normalized spacial score (nSPS) is 20.3. The van der Waals surface area contributed by atoms with E-state index in [2.05, 4.69) is 51.0 Å². The third-order valence-electron chi connectivity index (χ3n) is 11.2. The van der Waals surface area contributed by atoms with E-state index < -0.39 is 6.10 Å². The van der Waals surface area contributed by atoms with Crippen LogP contribution in [0.15, 0.2) is 36.5 Å². The summed E-state index contributed by atoms with van der Waals surface area (Å²) in [5, 5.41) is 20.0. The molecule has 2 fully saturated rings. The first kappa shape index (κ1) is 42.3. The summed E-state index contributed by atoms with van der Waals surface area (Å²) in [5.74, 6) is 0.193. The molecular formula is C41H62ClN9O4. The minimum Gasteiger partial charge on any atom is -0.370 e. The minimum atomic E-state index is -0.568. The second-order valence-corrected chi connectivity index (χ2v) is 16.0. The minimum absolute atomic E-state index is 0.0838. The number of carbonyl (C=O) groups excluding carboxylic acids is 3. The Hall–Kier alpha value is -3.81. The standard InChI is InChI=1S/C41H62ClN9O4/c1-30-24-37(47-49(30)2)32-16-20-35(21-17-32)51-28-38(55-29-36(51)25-31-14-18-33(42)19-15-31)41(54)45-26-34-27-50(48-46-34)23-11-22-44-40(53)13-10-8-6-4-3-5-7-9-12-39(43)52/h14-15,18-19,24,27,32,35-36,38H,3-13,16-17,20-23,25-26,28-29H2,1-2H3,(H2,43,52)(H,44,53)(H,45,54)/t32?,35?,36-,38+/m0/s1. The molecule has 55 heavy (non-hydrogen) atoms. The van der Waals surface area contributed by atoms with Gasteiger partial charge in [-0.2, -0.15) is 5.10 Å². The van der Waals surface area contributed by atoms with Crippen LogP contribution in [0.5, 0.6) is 0 Å². The summed E-state index contributed by atoms with van der Waals surface area (Å²) in [6, 6.07) is 10.8. The Morgan fingerprint density at radius 1 is 0.927 bits per heavy atom. The van der Waals surface area contributed by atoms with E-state index in [1.165, 1.54) is 17.0 Å². The summed E-state index contributed by atoms with van der Waals surface area (Å²) < 4.78 is 9.96.